The zero-order valence-corrected chi connectivity index (χ0v) is 12.4. The van der Waals surface area contributed by atoms with Gasteiger partial charge in [0.1, 0.15) is 6.10 Å². The molecule has 2 aliphatic heterocycles. The van der Waals surface area contributed by atoms with Crippen LogP contribution < -0.4 is 0 Å². The van der Waals surface area contributed by atoms with Crippen molar-refractivity contribution in [2.75, 3.05) is 7.05 Å². The lowest BCUT2D eigenvalue weighted by molar-refractivity contribution is -0.153. The van der Waals surface area contributed by atoms with Crippen LogP contribution in [0.4, 0.5) is 0 Å². The Labute approximate surface area is 118 Å². The van der Waals surface area contributed by atoms with Gasteiger partial charge in [0.2, 0.25) is 0 Å². The van der Waals surface area contributed by atoms with Gasteiger partial charge in [-0.05, 0) is 51.1 Å². The Kier molecular flexibility index (Phi) is 3.63. The van der Waals surface area contributed by atoms with Crippen molar-refractivity contribution in [2.45, 2.75) is 56.7 Å². The highest BCUT2D eigenvalue weighted by Gasteiger charge is 2.40. The second-order valence-electron chi connectivity index (χ2n) is 5.82. The van der Waals surface area contributed by atoms with Gasteiger partial charge >= 0.3 is 5.97 Å². The minimum atomic E-state index is -0.127. The molecule has 0 spiro atoms. The average Bonchev–Trinajstić information content (AvgIpc) is 2.97. The first kappa shape index (κ1) is 13.1. The summed E-state index contributed by atoms with van der Waals surface area (Å²) in [5.41, 5.74) is 0. The third-order valence-electron chi connectivity index (χ3n) is 4.66. The van der Waals surface area contributed by atoms with Gasteiger partial charge in [0, 0.05) is 17.0 Å². The highest BCUT2D eigenvalue weighted by molar-refractivity contribution is 7.10. The first-order valence-corrected chi connectivity index (χ1v) is 7.99. The maximum absolute atomic E-state index is 12.2. The molecule has 0 aromatic carbocycles. The van der Waals surface area contributed by atoms with Gasteiger partial charge in [0.25, 0.3) is 0 Å². The molecule has 3 nitrogen and oxygen atoms in total. The normalized spacial score (nSPS) is 32.2. The fourth-order valence-corrected chi connectivity index (χ4v) is 4.15. The van der Waals surface area contributed by atoms with E-state index in [1.807, 2.05) is 24.4 Å². The van der Waals surface area contributed by atoms with Crippen LogP contribution in [0.3, 0.4) is 0 Å². The summed E-state index contributed by atoms with van der Waals surface area (Å²) in [6.07, 6.45) is 4.67. The number of hydrogen-bond acceptors (Lipinski definition) is 4. The maximum Gasteiger partial charge on any atom is 0.314 e. The molecule has 1 aromatic rings. The third-order valence-corrected chi connectivity index (χ3v) is 5.72. The van der Waals surface area contributed by atoms with E-state index in [1.54, 1.807) is 11.3 Å². The molecule has 3 rings (SSSR count). The molecule has 3 heterocycles. The van der Waals surface area contributed by atoms with Gasteiger partial charge in [-0.3, -0.25) is 4.79 Å². The topological polar surface area (TPSA) is 29.5 Å². The number of carbonyl (C=O) groups is 1. The Morgan fingerprint density at radius 2 is 2.11 bits per heavy atom. The average molecular weight is 279 g/mol. The quantitative estimate of drug-likeness (QED) is 0.797. The van der Waals surface area contributed by atoms with Crippen molar-refractivity contribution >= 4 is 17.3 Å². The molecule has 2 unspecified atom stereocenters. The van der Waals surface area contributed by atoms with Crippen molar-refractivity contribution in [1.82, 2.24) is 4.90 Å². The van der Waals surface area contributed by atoms with Crippen LogP contribution in [0.5, 0.6) is 0 Å². The van der Waals surface area contributed by atoms with Gasteiger partial charge < -0.3 is 9.64 Å². The fourth-order valence-electron chi connectivity index (χ4n) is 3.38. The summed E-state index contributed by atoms with van der Waals surface area (Å²) in [5, 5.41) is 2.01. The van der Waals surface area contributed by atoms with Crippen LogP contribution in [0.15, 0.2) is 17.5 Å². The molecule has 1 aromatic heterocycles. The van der Waals surface area contributed by atoms with Crippen molar-refractivity contribution in [3.05, 3.63) is 22.4 Å². The van der Waals surface area contributed by atoms with Crippen LogP contribution in [-0.2, 0) is 9.53 Å². The van der Waals surface area contributed by atoms with Crippen molar-refractivity contribution in [1.29, 1.82) is 0 Å². The number of esters is 1. The fraction of sp³-hybridized carbons (Fsp3) is 0.667. The monoisotopic (exact) mass is 279 g/mol. The lowest BCUT2D eigenvalue weighted by Crippen LogP contribution is -2.43. The molecule has 4 heteroatoms. The van der Waals surface area contributed by atoms with Crippen LogP contribution >= 0.6 is 11.3 Å². The molecule has 2 bridgehead atoms. The zero-order chi connectivity index (χ0) is 13.4. The number of nitrogens with zero attached hydrogens (tertiary/aromatic N) is 1. The summed E-state index contributed by atoms with van der Waals surface area (Å²) in [7, 11) is 2.20. The molecule has 0 saturated carbocycles. The van der Waals surface area contributed by atoms with Crippen LogP contribution in [0, 0.1) is 0 Å². The largest absolute Gasteiger partial charge is 0.462 e. The van der Waals surface area contributed by atoms with E-state index in [1.165, 1.54) is 12.8 Å². The molecule has 0 amide bonds. The predicted octanol–water partition coefficient (Wildman–Crippen LogP) is 3.02. The summed E-state index contributed by atoms with van der Waals surface area (Å²) in [6.45, 7) is 1.94. The number of carbonyl (C=O) groups excluding carboxylic acids is 1. The molecule has 19 heavy (non-hydrogen) atoms. The van der Waals surface area contributed by atoms with E-state index < -0.39 is 0 Å². The summed E-state index contributed by atoms with van der Waals surface area (Å²) in [4.78, 5) is 15.8. The van der Waals surface area contributed by atoms with Gasteiger partial charge in [-0.25, -0.2) is 0 Å². The Hall–Kier alpha value is -0.870. The van der Waals surface area contributed by atoms with E-state index in [0.717, 1.165) is 17.7 Å². The molecular formula is C15H21NO2S. The van der Waals surface area contributed by atoms with E-state index >= 15 is 0 Å². The van der Waals surface area contributed by atoms with Gasteiger partial charge in [-0.1, -0.05) is 6.07 Å². The molecule has 2 aliphatic rings. The Balaban J connectivity index is 1.59. The first-order chi connectivity index (χ1) is 9.15. The summed E-state index contributed by atoms with van der Waals surface area (Å²) in [5.74, 6) is -0.186. The molecule has 0 N–H and O–H groups in total. The van der Waals surface area contributed by atoms with Crippen molar-refractivity contribution in [3.63, 3.8) is 0 Å². The Morgan fingerprint density at radius 3 is 2.68 bits per heavy atom. The number of thiophene rings is 1. The van der Waals surface area contributed by atoms with Crippen molar-refractivity contribution < 1.29 is 9.53 Å². The minimum Gasteiger partial charge on any atom is -0.462 e. The van der Waals surface area contributed by atoms with Gasteiger partial charge in [-0.2, -0.15) is 0 Å². The van der Waals surface area contributed by atoms with E-state index in [2.05, 4.69) is 11.9 Å². The second-order valence-corrected chi connectivity index (χ2v) is 6.80. The van der Waals surface area contributed by atoms with Gasteiger partial charge in [-0.15, -0.1) is 11.3 Å². The second kappa shape index (κ2) is 5.25. The molecular weight excluding hydrogens is 258 g/mol. The first-order valence-electron chi connectivity index (χ1n) is 7.11. The minimum absolute atomic E-state index is 0.0589. The van der Waals surface area contributed by atoms with E-state index in [9.17, 15) is 4.79 Å². The van der Waals surface area contributed by atoms with Crippen molar-refractivity contribution in [3.8, 4) is 0 Å². The summed E-state index contributed by atoms with van der Waals surface area (Å²) >= 11 is 1.63. The maximum atomic E-state index is 12.2. The Morgan fingerprint density at radius 1 is 1.42 bits per heavy atom. The number of piperidine rings is 1. The van der Waals surface area contributed by atoms with E-state index in [-0.39, 0.29) is 18.0 Å². The summed E-state index contributed by atoms with van der Waals surface area (Å²) < 4.78 is 5.75. The van der Waals surface area contributed by atoms with Crippen LogP contribution in [0.25, 0.3) is 0 Å². The van der Waals surface area contributed by atoms with Crippen LogP contribution in [0.1, 0.15) is 43.4 Å². The molecule has 2 fully saturated rings. The number of rotatable bonds is 3. The number of fused-ring (bicyclic) bond motifs is 2. The predicted molar refractivity (Wildman–Crippen MR) is 76.4 cm³/mol. The van der Waals surface area contributed by atoms with Gasteiger partial charge in [0.15, 0.2) is 0 Å². The number of ether oxygens (including phenoxy) is 1. The molecule has 0 aliphatic carbocycles. The lowest BCUT2D eigenvalue weighted by atomic mass is 10.0. The smallest absolute Gasteiger partial charge is 0.314 e. The zero-order valence-electron chi connectivity index (χ0n) is 11.5. The Bertz CT molecular complexity index is 431. The van der Waals surface area contributed by atoms with Crippen molar-refractivity contribution in [2.24, 2.45) is 0 Å². The summed E-state index contributed by atoms with van der Waals surface area (Å²) in [6, 6.07) is 5.23. The van der Waals surface area contributed by atoms with Crippen LogP contribution in [-0.4, -0.2) is 36.1 Å². The van der Waals surface area contributed by atoms with E-state index in [4.69, 9.17) is 4.74 Å². The molecule has 104 valence electrons. The third kappa shape index (κ3) is 2.56. The van der Waals surface area contributed by atoms with E-state index in [0.29, 0.717) is 12.1 Å². The molecule has 4 atom stereocenters. The molecule has 0 radical (unpaired) electrons. The lowest BCUT2D eigenvalue weighted by Gasteiger charge is -2.36. The number of hydrogen-bond donors (Lipinski definition) is 0. The molecule has 2 saturated heterocycles. The standard InChI is InChI=1S/C15H21NO2S/c1-10(14-4-3-7-19-14)15(17)18-13-8-11-5-6-12(9-13)16(11)2/h3-4,7,10-13H,5-6,8-9H2,1-2H3/t10?,11-,12+,13?. The highest BCUT2D eigenvalue weighted by Crippen LogP contribution is 2.36. The van der Waals surface area contributed by atoms with Crippen LogP contribution in [0.2, 0.25) is 0 Å². The SMILES string of the molecule is CC(C(=O)OC1C[C@H]2CC[C@@H](C1)N2C)c1cccs1. The van der Waals surface area contributed by atoms with Gasteiger partial charge in [0.05, 0.1) is 5.92 Å². The highest BCUT2D eigenvalue weighted by atomic mass is 32.1.